The predicted molar refractivity (Wildman–Crippen MR) is 91.3 cm³/mol. The summed E-state index contributed by atoms with van der Waals surface area (Å²) >= 11 is 1.42. The van der Waals surface area contributed by atoms with Gasteiger partial charge in [0.25, 0.3) is 0 Å². The fourth-order valence-corrected chi connectivity index (χ4v) is 3.26. The summed E-state index contributed by atoms with van der Waals surface area (Å²) in [6.07, 6.45) is 2.01. The Morgan fingerprint density at radius 3 is 2.83 bits per heavy atom. The lowest BCUT2D eigenvalue weighted by molar-refractivity contribution is -0.126. The molecule has 120 valence electrons. The van der Waals surface area contributed by atoms with Crippen molar-refractivity contribution in [2.24, 2.45) is 5.92 Å². The molecular weight excluding hydrogens is 310 g/mol. The van der Waals surface area contributed by atoms with Crippen LogP contribution in [0, 0.1) is 5.92 Å². The lowest BCUT2D eigenvalue weighted by atomic mass is 9.98. The Hall–Kier alpha value is -2.21. The van der Waals surface area contributed by atoms with E-state index >= 15 is 0 Å². The van der Waals surface area contributed by atoms with Crippen LogP contribution in [0.25, 0.3) is 11.3 Å². The Morgan fingerprint density at radius 2 is 2.17 bits per heavy atom. The van der Waals surface area contributed by atoms with Crippen LogP contribution in [0.5, 0.6) is 0 Å². The zero-order chi connectivity index (χ0) is 16.2. The molecule has 0 radical (unpaired) electrons. The SMILES string of the molecule is CCc1ccc(-c2csc(NC(=O)[C@H]3CCC(=O)NC3)n2)cc1. The third-order valence-electron chi connectivity index (χ3n) is 4.03. The number of amides is 2. The number of hydrogen-bond donors (Lipinski definition) is 2. The number of nitrogens with zero attached hydrogens (tertiary/aromatic N) is 1. The van der Waals surface area contributed by atoms with Gasteiger partial charge in [-0.05, 0) is 18.4 Å². The average Bonchev–Trinajstić information content (AvgIpc) is 3.04. The lowest BCUT2D eigenvalue weighted by Crippen LogP contribution is -2.40. The van der Waals surface area contributed by atoms with Crippen molar-refractivity contribution in [2.45, 2.75) is 26.2 Å². The molecule has 2 N–H and O–H groups in total. The average molecular weight is 329 g/mol. The fourth-order valence-electron chi connectivity index (χ4n) is 2.54. The Morgan fingerprint density at radius 1 is 1.39 bits per heavy atom. The van der Waals surface area contributed by atoms with Crippen molar-refractivity contribution >= 4 is 28.3 Å². The standard InChI is InChI=1S/C17H19N3O2S/c1-2-11-3-5-12(6-4-11)14-10-23-17(19-14)20-16(22)13-7-8-15(21)18-9-13/h3-6,10,13H,2,7-9H2,1H3,(H,18,21)(H,19,20,22)/t13-/m0/s1. The second-order valence-corrected chi connectivity index (χ2v) is 6.48. The van der Waals surface area contributed by atoms with E-state index in [9.17, 15) is 9.59 Å². The van der Waals surface area contributed by atoms with E-state index in [2.05, 4.69) is 46.8 Å². The van der Waals surface area contributed by atoms with Gasteiger partial charge >= 0.3 is 0 Å². The highest BCUT2D eigenvalue weighted by molar-refractivity contribution is 7.14. The normalized spacial score (nSPS) is 17.6. The fraction of sp³-hybridized carbons (Fsp3) is 0.353. The molecule has 1 fully saturated rings. The molecule has 1 aliphatic heterocycles. The van der Waals surface area contributed by atoms with Gasteiger partial charge in [0.1, 0.15) is 0 Å². The number of benzene rings is 1. The first-order valence-corrected chi connectivity index (χ1v) is 8.66. The predicted octanol–water partition coefficient (Wildman–Crippen LogP) is 2.84. The van der Waals surface area contributed by atoms with Crippen molar-refractivity contribution in [3.05, 3.63) is 35.2 Å². The minimum absolute atomic E-state index is 0.0149. The van der Waals surface area contributed by atoms with Crippen LogP contribution in [-0.2, 0) is 16.0 Å². The van der Waals surface area contributed by atoms with E-state index in [4.69, 9.17) is 0 Å². The summed E-state index contributed by atoms with van der Waals surface area (Å²) < 4.78 is 0. The topological polar surface area (TPSA) is 71.1 Å². The minimum Gasteiger partial charge on any atom is -0.355 e. The minimum atomic E-state index is -0.177. The van der Waals surface area contributed by atoms with Crippen LogP contribution in [0.1, 0.15) is 25.3 Å². The second-order valence-electron chi connectivity index (χ2n) is 5.62. The number of aryl methyl sites for hydroxylation is 1. The number of piperidine rings is 1. The summed E-state index contributed by atoms with van der Waals surface area (Å²) in [6.45, 7) is 2.53. The Kier molecular flexibility index (Phi) is 4.71. The molecule has 1 aromatic carbocycles. The zero-order valence-electron chi connectivity index (χ0n) is 13.0. The number of hydrogen-bond acceptors (Lipinski definition) is 4. The van der Waals surface area contributed by atoms with Crippen LogP contribution >= 0.6 is 11.3 Å². The molecule has 0 spiro atoms. The summed E-state index contributed by atoms with van der Waals surface area (Å²) in [4.78, 5) is 27.8. The van der Waals surface area contributed by atoms with Gasteiger partial charge in [0.15, 0.2) is 5.13 Å². The van der Waals surface area contributed by atoms with Crippen LogP contribution in [-0.4, -0.2) is 23.3 Å². The Balaban J connectivity index is 1.64. The van der Waals surface area contributed by atoms with Crippen LogP contribution in [0.3, 0.4) is 0 Å². The molecule has 5 nitrogen and oxygen atoms in total. The molecular formula is C17H19N3O2S. The molecule has 23 heavy (non-hydrogen) atoms. The van der Waals surface area contributed by atoms with Gasteiger partial charge in [-0.1, -0.05) is 31.2 Å². The molecule has 2 aromatic rings. The van der Waals surface area contributed by atoms with Crippen LogP contribution in [0.2, 0.25) is 0 Å². The van der Waals surface area contributed by atoms with Gasteiger partial charge in [0, 0.05) is 23.9 Å². The van der Waals surface area contributed by atoms with Gasteiger partial charge in [-0.3, -0.25) is 9.59 Å². The van der Waals surface area contributed by atoms with Gasteiger partial charge in [-0.15, -0.1) is 11.3 Å². The summed E-state index contributed by atoms with van der Waals surface area (Å²) in [5.74, 6) is -0.239. The molecule has 1 aromatic heterocycles. The number of carbonyl (C=O) groups excluding carboxylic acids is 2. The third kappa shape index (κ3) is 3.76. The lowest BCUT2D eigenvalue weighted by Gasteiger charge is -2.20. The maximum atomic E-state index is 12.2. The van der Waals surface area contributed by atoms with Crippen molar-refractivity contribution in [3.63, 3.8) is 0 Å². The van der Waals surface area contributed by atoms with Crippen molar-refractivity contribution in [1.82, 2.24) is 10.3 Å². The first-order valence-electron chi connectivity index (χ1n) is 7.78. The van der Waals surface area contributed by atoms with Crippen LogP contribution in [0.4, 0.5) is 5.13 Å². The van der Waals surface area contributed by atoms with Crippen molar-refractivity contribution < 1.29 is 9.59 Å². The van der Waals surface area contributed by atoms with Gasteiger partial charge in [-0.25, -0.2) is 4.98 Å². The highest BCUT2D eigenvalue weighted by Crippen LogP contribution is 2.26. The van der Waals surface area contributed by atoms with Crippen molar-refractivity contribution in [3.8, 4) is 11.3 Å². The van der Waals surface area contributed by atoms with Gasteiger partial charge in [-0.2, -0.15) is 0 Å². The van der Waals surface area contributed by atoms with E-state index in [1.165, 1.54) is 16.9 Å². The molecule has 0 saturated carbocycles. The van der Waals surface area contributed by atoms with Crippen molar-refractivity contribution in [1.29, 1.82) is 0 Å². The van der Waals surface area contributed by atoms with Crippen molar-refractivity contribution in [2.75, 3.05) is 11.9 Å². The highest BCUT2D eigenvalue weighted by Gasteiger charge is 2.25. The number of anilines is 1. The highest BCUT2D eigenvalue weighted by atomic mass is 32.1. The molecule has 6 heteroatoms. The number of nitrogens with one attached hydrogen (secondary N) is 2. The molecule has 2 amide bonds. The molecule has 3 rings (SSSR count). The van der Waals surface area contributed by atoms with E-state index < -0.39 is 0 Å². The Labute approximate surface area is 139 Å². The maximum Gasteiger partial charge on any atom is 0.231 e. The second kappa shape index (κ2) is 6.91. The third-order valence-corrected chi connectivity index (χ3v) is 4.79. The number of aromatic nitrogens is 1. The molecule has 2 heterocycles. The summed E-state index contributed by atoms with van der Waals surface area (Å²) in [7, 11) is 0. The molecule has 1 saturated heterocycles. The van der Waals surface area contributed by atoms with E-state index in [0.29, 0.717) is 24.5 Å². The van der Waals surface area contributed by atoms with E-state index in [1.54, 1.807) is 0 Å². The summed E-state index contributed by atoms with van der Waals surface area (Å²) in [6, 6.07) is 8.29. The number of rotatable bonds is 4. The van der Waals surface area contributed by atoms with Gasteiger partial charge in [0.05, 0.1) is 11.6 Å². The molecule has 0 aliphatic carbocycles. The molecule has 1 aliphatic rings. The molecule has 1 atom stereocenters. The van der Waals surface area contributed by atoms with E-state index in [-0.39, 0.29) is 17.7 Å². The number of carbonyl (C=O) groups is 2. The van der Waals surface area contributed by atoms with E-state index in [0.717, 1.165) is 17.7 Å². The van der Waals surface area contributed by atoms with Crippen LogP contribution < -0.4 is 10.6 Å². The first-order chi connectivity index (χ1) is 11.2. The zero-order valence-corrected chi connectivity index (χ0v) is 13.8. The van der Waals surface area contributed by atoms with Gasteiger partial charge < -0.3 is 10.6 Å². The van der Waals surface area contributed by atoms with Crippen LogP contribution in [0.15, 0.2) is 29.6 Å². The monoisotopic (exact) mass is 329 g/mol. The first kappa shape index (κ1) is 15.7. The van der Waals surface area contributed by atoms with E-state index in [1.807, 2.05) is 5.38 Å². The quantitative estimate of drug-likeness (QED) is 0.906. The summed E-state index contributed by atoms with van der Waals surface area (Å²) in [5, 5.41) is 8.12. The van der Waals surface area contributed by atoms with Gasteiger partial charge in [0.2, 0.25) is 11.8 Å². The maximum absolute atomic E-state index is 12.2. The number of thiazole rings is 1. The smallest absolute Gasteiger partial charge is 0.231 e. The molecule has 0 unspecified atom stereocenters. The largest absolute Gasteiger partial charge is 0.355 e. The Bertz CT molecular complexity index is 699. The summed E-state index contributed by atoms with van der Waals surface area (Å²) in [5.41, 5.74) is 3.20. The molecule has 0 bridgehead atoms.